The Morgan fingerprint density at radius 1 is 1.40 bits per heavy atom. The number of carboxylic acid groups (broad SMARTS) is 1. The van der Waals surface area contributed by atoms with Gasteiger partial charge in [0.1, 0.15) is 0 Å². The average Bonchev–Trinajstić information content (AvgIpc) is 2.74. The molecule has 2 unspecified atom stereocenters. The number of aliphatic carboxylic acids is 1. The highest BCUT2D eigenvalue weighted by molar-refractivity contribution is 9.11. The zero-order valence-electron chi connectivity index (χ0n) is 10.6. The Morgan fingerprint density at radius 2 is 2.05 bits per heavy atom. The van der Waals surface area contributed by atoms with Crippen molar-refractivity contribution in [3.8, 4) is 0 Å². The molecule has 0 amide bonds. The molecule has 1 saturated heterocycles. The second-order valence-corrected chi connectivity index (χ2v) is 8.29. The van der Waals surface area contributed by atoms with E-state index in [9.17, 15) is 13.2 Å². The SMILES string of the molecule is CC1C(C(=O)O)CCN1S(=O)(=O)c1cc(Br)ccc1Br. The van der Waals surface area contributed by atoms with Crippen LogP contribution in [0.25, 0.3) is 0 Å². The fourth-order valence-corrected chi connectivity index (χ4v) is 5.53. The third-order valence-electron chi connectivity index (χ3n) is 3.49. The molecule has 0 aromatic heterocycles. The Hall–Kier alpha value is -0.440. The molecule has 1 N–H and O–H groups in total. The van der Waals surface area contributed by atoms with Crippen LogP contribution in [0.15, 0.2) is 32.0 Å². The summed E-state index contributed by atoms with van der Waals surface area (Å²) in [6.07, 6.45) is 0.335. The Bertz CT molecular complexity index is 647. The molecule has 20 heavy (non-hydrogen) atoms. The van der Waals surface area contributed by atoms with Crippen LogP contribution in [0.3, 0.4) is 0 Å². The molecule has 0 saturated carbocycles. The van der Waals surface area contributed by atoms with Crippen LogP contribution in [0, 0.1) is 5.92 Å². The minimum absolute atomic E-state index is 0.143. The minimum atomic E-state index is -3.71. The molecule has 110 valence electrons. The van der Waals surface area contributed by atoms with Crippen LogP contribution in [0.5, 0.6) is 0 Å². The van der Waals surface area contributed by atoms with E-state index in [0.29, 0.717) is 15.4 Å². The highest BCUT2D eigenvalue weighted by atomic mass is 79.9. The van der Waals surface area contributed by atoms with E-state index in [4.69, 9.17) is 5.11 Å². The Labute approximate surface area is 134 Å². The molecule has 0 spiro atoms. The van der Waals surface area contributed by atoms with Crippen molar-refractivity contribution < 1.29 is 18.3 Å². The monoisotopic (exact) mass is 425 g/mol. The van der Waals surface area contributed by atoms with Crippen LogP contribution in [-0.4, -0.2) is 36.4 Å². The Morgan fingerprint density at radius 3 is 2.60 bits per heavy atom. The van der Waals surface area contributed by atoms with Gasteiger partial charge in [0, 0.05) is 21.5 Å². The highest BCUT2D eigenvalue weighted by Crippen LogP contribution is 2.34. The van der Waals surface area contributed by atoms with E-state index >= 15 is 0 Å². The lowest BCUT2D eigenvalue weighted by atomic mass is 10.0. The zero-order valence-corrected chi connectivity index (χ0v) is 14.6. The fourth-order valence-electron chi connectivity index (χ4n) is 2.38. The van der Waals surface area contributed by atoms with Gasteiger partial charge in [0.25, 0.3) is 0 Å². The normalized spacial score (nSPS) is 23.9. The predicted molar refractivity (Wildman–Crippen MR) is 80.9 cm³/mol. The third-order valence-corrected chi connectivity index (χ3v) is 6.97. The van der Waals surface area contributed by atoms with Crippen LogP contribution in [0.4, 0.5) is 0 Å². The number of hydrogen-bond donors (Lipinski definition) is 1. The van der Waals surface area contributed by atoms with Gasteiger partial charge in [0.15, 0.2) is 0 Å². The topological polar surface area (TPSA) is 74.7 Å². The first-order chi connectivity index (χ1) is 9.25. The molecule has 1 heterocycles. The molecule has 0 bridgehead atoms. The van der Waals surface area contributed by atoms with E-state index < -0.39 is 28.0 Å². The molecule has 1 aliphatic rings. The van der Waals surface area contributed by atoms with Crippen LogP contribution >= 0.6 is 31.9 Å². The van der Waals surface area contributed by atoms with Crippen molar-refractivity contribution in [1.29, 1.82) is 0 Å². The number of halogens is 2. The van der Waals surface area contributed by atoms with Gasteiger partial charge in [-0.2, -0.15) is 4.31 Å². The van der Waals surface area contributed by atoms with Gasteiger partial charge in [0.2, 0.25) is 10.0 Å². The molecule has 2 atom stereocenters. The second kappa shape index (κ2) is 5.75. The summed E-state index contributed by atoms with van der Waals surface area (Å²) in [5.41, 5.74) is 0. The number of carbonyl (C=O) groups is 1. The molecule has 0 aliphatic carbocycles. The molecular formula is C12H13Br2NO4S. The van der Waals surface area contributed by atoms with Crippen molar-refractivity contribution in [2.45, 2.75) is 24.3 Å². The van der Waals surface area contributed by atoms with Gasteiger partial charge >= 0.3 is 5.97 Å². The first-order valence-corrected chi connectivity index (χ1v) is 8.97. The van der Waals surface area contributed by atoms with Gasteiger partial charge < -0.3 is 5.11 Å². The molecule has 8 heteroatoms. The summed E-state index contributed by atoms with van der Waals surface area (Å²) < 4.78 is 27.7. The van der Waals surface area contributed by atoms with Crippen molar-refractivity contribution in [3.05, 3.63) is 27.1 Å². The summed E-state index contributed by atoms with van der Waals surface area (Å²) in [6.45, 7) is 1.86. The van der Waals surface area contributed by atoms with Gasteiger partial charge in [-0.1, -0.05) is 15.9 Å². The first kappa shape index (κ1) is 15.9. The summed E-state index contributed by atoms with van der Waals surface area (Å²) in [6, 6.07) is 4.34. The van der Waals surface area contributed by atoms with Crippen LogP contribution in [0.2, 0.25) is 0 Å². The third kappa shape index (κ3) is 2.79. The maximum Gasteiger partial charge on any atom is 0.308 e. The number of carboxylic acids is 1. The fraction of sp³-hybridized carbons (Fsp3) is 0.417. The van der Waals surface area contributed by atoms with E-state index in [1.54, 1.807) is 19.1 Å². The summed E-state index contributed by atoms with van der Waals surface area (Å²) in [4.78, 5) is 11.2. The molecule has 1 aromatic rings. The molecule has 2 rings (SSSR count). The molecule has 1 aliphatic heterocycles. The molecule has 1 fully saturated rings. The van der Waals surface area contributed by atoms with Gasteiger partial charge in [-0.05, 0) is 47.5 Å². The van der Waals surface area contributed by atoms with E-state index in [-0.39, 0.29) is 11.4 Å². The van der Waals surface area contributed by atoms with Crippen molar-refractivity contribution >= 4 is 47.9 Å². The van der Waals surface area contributed by atoms with Crippen molar-refractivity contribution in [2.75, 3.05) is 6.54 Å². The van der Waals surface area contributed by atoms with Gasteiger partial charge in [-0.25, -0.2) is 8.42 Å². The quantitative estimate of drug-likeness (QED) is 0.806. The van der Waals surface area contributed by atoms with Gasteiger partial charge in [0.05, 0.1) is 10.8 Å². The van der Waals surface area contributed by atoms with E-state index in [2.05, 4.69) is 31.9 Å². The number of hydrogen-bond acceptors (Lipinski definition) is 3. The highest BCUT2D eigenvalue weighted by Gasteiger charge is 2.42. The van der Waals surface area contributed by atoms with E-state index in [1.807, 2.05) is 0 Å². The van der Waals surface area contributed by atoms with Crippen LogP contribution in [-0.2, 0) is 14.8 Å². The number of rotatable bonds is 3. The number of nitrogens with zero attached hydrogens (tertiary/aromatic N) is 1. The van der Waals surface area contributed by atoms with E-state index in [0.717, 1.165) is 0 Å². The van der Waals surface area contributed by atoms with Crippen LogP contribution < -0.4 is 0 Å². The molecule has 5 nitrogen and oxygen atoms in total. The largest absolute Gasteiger partial charge is 0.481 e. The second-order valence-electron chi connectivity index (χ2n) is 4.66. The first-order valence-electron chi connectivity index (χ1n) is 5.95. The minimum Gasteiger partial charge on any atom is -0.481 e. The van der Waals surface area contributed by atoms with Crippen LogP contribution in [0.1, 0.15) is 13.3 Å². The molecule has 1 aromatic carbocycles. The summed E-state index contributed by atoms with van der Waals surface area (Å²) in [7, 11) is -3.71. The molecular weight excluding hydrogens is 414 g/mol. The van der Waals surface area contributed by atoms with Crippen molar-refractivity contribution in [3.63, 3.8) is 0 Å². The van der Waals surface area contributed by atoms with Gasteiger partial charge in [-0.3, -0.25) is 4.79 Å². The lowest BCUT2D eigenvalue weighted by Crippen LogP contribution is -2.37. The lowest BCUT2D eigenvalue weighted by molar-refractivity contribution is -0.142. The summed E-state index contributed by atoms with van der Waals surface area (Å²) in [5, 5.41) is 9.10. The smallest absolute Gasteiger partial charge is 0.308 e. The average molecular weight is 427 g/mol. The Balaban J connectivity index is 2.41. The number of sulfonamides is 1. The predicted octanol–water partition coefficient (Wildman–Crippen LogP) is 2.70. The van der Waals surface area contributed by atoms with Gasteiger partial charge in [-0.15, -0.1) is 0 Å². The molecule has 0 radical (unpaired) electrons. The summed E-state index contributed by atoms with van der Waals surface area (Å²) in [5.74, 6) is -1.61. The standard InChI is InChI=1S/C12H13Br2NO4S/c1-7-9(12(16)17)4-5-15(7)20(18,19)11-6-8(13)2-3-10(11)14/h2-3,6-7,9H,4-5H2,1H3,(H,16,17). The van der Waals surface area contributed by atoms with Crippen molar-refractivity contribution in [1.82, 2.24) is 4.31 Å². The number of benzene rings is 1. The zero-order chi connectivity index (χ0) is 15.1. The summed E-state index contributed by atoms with van der Waals surface area (Å²) >= 11 is 6.48. The van der Waals surface area contributed by atoms with E-state index in [1.165, 1.54) is 10.4 Å². The maximum atomic E-state index is 12.7. The maximum absolute atomic E-state index is 12.7. The Kier molecular flexibility index (Phi) is 4.58. The van der Waals surface area contributed by atoms with Crippen molar-refractivity contribution in [2.24, 2.45) is 5.92 Å². The lowest BCUT2D eigenvalue weighted by Gasteiger charge is -2.23.